The fourth-order valence-electron chi connectivity index (χ4n) is 3.99. The molecular formula is C20H26N4O2S. The van der Waals surface area contributed by atoms with E-state index in [4.69, 9.17) is 4.74 Å². The number of ether oxygens (including phenoxy) is 1. The highest BCUT2D eigenvalue weighted by Crippen LogP contribution is 2.32. The van der Waals surface area contributed by atoms with Crippen molar-refractivity contribution in [1.29, 1.82) is 0 Å². The number of tetrazole rings is 1. The summed E-state index contributed by atoms with van der Waals surface area (Å²) < 4.78 is 7.39. The molecule has 1 saturated heterocycles. The second-order valence-corrected chi connectivity index (χ2v) is 8.39. The topological polar surface area (TPSA) is 69.9 Å². The van der Waals surface area contributed by atoms with Gasteiger partial charge in [0.1, 0.15) is 0 Å². The van der Waals surface area contributed by atoms with E-state index in [-0.39, 0.29) is 11.9 Å². The van der Waals surface area contributed by atoms with Crippen molar-refractivity contribution in [3.8, 4) is 0 Å². The van der Waals surface area contributed by atoms with Crippen LogP contribution in [0.3, 0.4) is 0 Å². The number of benzene rings is 1. The molecule has 6 nitrogen and oxygen atoms in total. The van der Waals surface area contributed by atoms with Crippen molar-refractivity contribution in [2.75, 3.05) is 12.4 Å². The predicted molar refractivity (Wildman–Crippen MR) is 104 cm³/mol. The Bertz CT molecular complexity index is 750. The smallest absolute Gasteiger partial charge is 0.209 e. The molecule has 1 aliphatic carbocycles. The molecule has 0 bridgehead atoms. The molecule has 2 fully saturated rings. The van der Waals surface area contributed by atoms with Crippen LogP contribution in [0.1, 0.15) is 66.8 Å². The third-order valence-corrected chi connectivity index (χ3v) is 6.50. The Morgan fingerprint density at radius 3 is 2.67 bits per heavy atom. The molecular weight excluding hydrogens is 360 g/mol. The molecule has 2 aromatic rings. The number of rotatable bonds is 7. The monoisotopic (exact) mass is 386 g/mol. The highest BCUT2D eigenvalue weighted by Gasteiger charge is 2.20. The fraction of sp³-hybridized carbons (Fsp3) is 0.600. The Hall–Kier alpha value is -1.73. The van der Waals surface area contributed by atoms with Gasteiger partial charge in [0.25, 0.3) is 0 Å². The van der Waals surface area contributed by atoms with E-state index < -0.39 is 0 Å². The van der Waals surface area contributed by atoms with E-state index in [1.807, 2.05) is 12.1 Å². The number of carbonyl (C=O) groups excluding carboxylic acids is 1. The molecule has 7 heteroatoms. The quantitative estimate of drug-likeness (QED) is 0.531. The maximum atomic E-state index is 12.6. The Labute approximate surface area is 164 Å². The lowest BCUT2D eigenvalue weighted by Crippen LogP contribution is -2.17. The first-order valence-electron chi connectivity index (χ1n) is 9.93. The van der Waals surface area contributed by atoms with Gasteiger partial charge < -0.3 is 4.74 Å². The van der Waals surface area contributed by atoms with E-state index >= 15 is 0 Å². The van der Waals surface area contributed by atoms with Gasteiger partial charge in [0.2, 0.25) is 5.16 Å². The molecule has 0 N–H and O–H groups in total. The van der Waals surface area contributed by atoms with Crippen LogP contribution in [0, 0.1) is 0 Å². The molecule has 0 unspecified atom stereocenters. The van der Waals surface area contributed by atoms with E-state index in [0.29, 0.717) is 23.4 Å². The molecule has 0 spiro atoms. The molecule has 1 atom stereocenters. The van der Waals surface area contributed by atoms with Crippen molar-refractivity contribution in [1.82, 2.24) is 20.2 Å². The number of hydrogen-bond donors (Lipinski definition) is 0. The largest absolute Gasteiger partial charge is 0.376 e. The summed E-state index contributed by atoms with van der Waals surface area (Å²) >= 11 is 1.39. The van der Waals surface area contributed by atoms with Crippen LogP contribution in [0.15, 0.2) is 29.4 Å². The van der Waals surface area contributed by atoms with Crippen molar-refractivity contribution >= 4 is 17.5 Å². The lowest BCUT2D eigenvalue weighted by Gasteiger charge is -2.22. The van der Waals surface area contributed by atoms with E-state index in [2.05, 4.69) is 27.7 Å². The van der Waals surface area contributed by atoms with Gasteiger partial charge in [0.15, 0.2) is 5.78 Å². The number of Topliss-reactive ketones (excluding diaryl/α,β-unsaturated/α-hetero) is 1. The third-order valence-electron chi connectivity index (χ3n) is 5.54. The lowest BCUT2D eigenvalue weighted by atomic mass is 9.84. The Kier molecular flexibility index (Phi) is 6.19. The van der Waals surface area contributed by atoms with Crippen molar-refractivity contribution < 1.29 is 9.53 Å². The van der Waals surface area contributed by atoms with Gasteiger partial charge in [-0.2, -0.15) is 0 Å². The maximum absolute atomic E-state index is 12.6. The zero-order valence-electron chi connectivity index (χ0n) is 15.5. The molecule has 2 aliphatic rings. The van der Waals surface area contributed by atoms with Crippen LogP contribution in [-0.2, 0) is 11.3 Å². The van der Waals surface area contributed by atoms with Crippen molar-refractivity contribution in [3.63, 3.8) is 0 Å². The lowest BCUT2D eigenvalue weighted by molar-refractivity contribution is 0.0912. The summed E-state index contributed by atoms with van der Waals surface area (Å²) in [6.07, 6.45) is 8.85. The van der Waals surface area contributed by atoms with Crippen LogP contribution in [0.2, 0.25) is 0 Å². The molecule has 1 saturated carbocycles. The zero-order valence-corrected chi connectivity index (χ0v) is 16.4. The minimum absolute atomic E-state index is 0.113. The van der Waals surface area contributed by atoms with Crippen LogP contribution in [0.4, 0.5) is 0 Å². The van der Waals surface area contributed by atoms with E-state index in [0.717, 1.165) is 25.0 Å². The number of ketones is 1. The van der Waals surface area contributed by atoms with Gasteiger partial charge in [0.05, 0.1) is 18.4 Å². The highest BCUT2D eigenvalue weighted by molar-refractivity contribution is 7.99. The van der Waals surface area contributed by atoms with Crippen LogP contribution in [-0.4, -0.2) is 44.5 Å². The summed E-state index contributed by atoms with van der Waals surface area (Å²) in [6, 6.07) is 8.22. The van der Waals surface area contributed by atoms with Crippen molar-refractivity contribution in [2.45, 2.75) is 68.7 Å². The van der Waals surface area contributed by atoms with Gasteiger partial charge in [-0.15, -0.1) is 5.10 Å². The number of hydrogen-bond acceptors (Lipinski definition) is 6. The zero-order chi connectivity index (χ0) is 18.5. The Balaban J connectivity index is 1.32. The van der Waals surface area contributed by atoms with Gasteiger partial charge in [-0.05, 0) is 47.6 Å². The molecule has 144 valence electrons. The van der Waals surface area contributed by atoms with E-state index in [1.54, 1.807) is 4.68 Å². The SMILES string of the molecule is O=C(CSc1nnnn1C[C@H]1CCCO1)c1ccc(C2CCCCC2)cc1. The normalized spacial score (nSPS) is 20.8. The van der Waals surface area contributed by atoms with E-state index in [1.165, 1.54) is 49.4 Å². The first-order chi connectivity index (χ1) is 13.3. The van der Waals surface area contributed by atoms with Gasteiger partial charge in [0, 0.05) is 12.2 Å². The maximum Gasteiger partial charge on any atom is 0.209 e. The average Bonchev–Trinajstić information content (AvgIpc) is 3.39. The number of aromatic nitrogens is 4. The van der Waals surface area contributed by atoms with Gasteiger partial charge in [-0.3, -0.25) is 4.79 Å². The molecule has 1 aliphatic heterocycles. The number of carbonyl (C=O) groups is 1. The molecule has 4 rings (SSSR count). The Morgan fingerprint density at radius 1 is 1.11 bits per heavy atom. The van der Waals surface area contributed by atoms with Gasteiger partial charge in [-0.25, -0.2) is 4.68 Å². The molecule has 0 amide bonds. The summed E-state index contributed by atoms with van der Waals surface area (Å²) in [4.78, 5) is 12.6. The van der Waals surface area contributed by atoms with Crippen LogP contribution < -0.4 is 0 Å². The van der Waals surface area contributed by atoms with E-state index in [9.17, 15) is 4.79 Å². The predicted octanol–water partition coefficient (Wildman–Crippen LogP) is 3.87. The number of thioether (sulfide) groups is 1. The highest BCUT2D eigenvalue weighted by atomic mass is 32.2. The summed E-state index contributed by atoms with van der Waals surface area (Å²) in [7, 11) is 0. The average molecular weight is 387 g/mol. The van der Waals surface area contributed by atoms with Gasteiger partial charge in [-0.1, -0.05) is 55.3 Å². The minimum atomic E-state index is 0.113. The third kappa shape index (κ3) is 4.76. The van der Waals surface area contributed by atoms with Crippen molar-refractivity contribution in [2.24, 2.45) is 0 Å². The van der Waals surface area contributed by atoms with Gasteiger partial charge >= 0.3 is 0 Å². The second kappa shape index (κ2) is 8.97. The standard InChI is InChI=1S/C20H26N4O2S/c25-19(17-10-8-16(9-11-17)15-5-2-1-3-6-15)14-27-20-21-22-23-24(20)13-18-7-4-12-26-18/h8-11,15,18H,1-7,12-14H2/t18-/m1/s1. The molecule has 0 radical (unpaired) electrons. The molecule has 27 heavy (non-hydrogen) atoms. The molecule has 1 aromatic carbocycles. The minimum Gasteiger partial charge on any atom is -0.376 e. The van der Waals surface area contributed by atoms with Crippen LogP contribution >= 0.6 is 11.8 Å². The summed E-state index contributed by atoms with van der Waals surface area (Å²) in [6.45, 7) is 1.46. The summed E-state index contributed by atoms with van der Waals surface area (Å²) in [5.74, 6) is 1.12. The van der Waals surface area contributed by atoms with Crippen LogP contribution in [0.25, 0.3) is 0 Å². The number of nitrogens with zero attached hydrogens (tertiary/aromatic N) is 4. The fourth-order valence-corrected chi connectivity index (χ4v) is 4.77. The molecule has 1 aromatic heterocycles. The first kappa shape index (κ1) is 18.6. The first-order valence-corrected chi connectivity index (χ1v) is 10.9. The molecule has 2 heterocycles. The summed E-state index contributed by atoms with van der Waals surface area (Å²) in [5.41, 5.74) is 2.14. The Morgan fingerprint density at radius 2 is 1.93 bits per heavy atom. The summed E-state index contributed by atoms with van der Waals surface area (Å²) in [5, 5.41) is 12.5. The second-order valence-electron chi connectivity index (χ2n) is 7.45. The van der Waals surface area contributed by atoms with Crippen molar-refractivity contribution in [3.05, 3.63) is 35.4 Å². The van der Waals surface area contributed by atoms with Crippen LogP contribution in [0.5, 0.6) is 0 Å².